The number of ether oxygens (including phenoxy) is 1. The monoisotopic (exact) mass is 593 g/mol. The van der Waals surface area contributed by atoms with Crippen molar-refractivity contribution in [3.8, 4) is 11.4 Å². The highest BCUT2D eigenvalue weighted by molar-refractivity contribution is 5.99. The first-order valence-electron chi connectivity index (χ1n) is 15.3. The molecule has 44 heavy (non-hydrogen) atoms. The van der Waals surface area contributed by atoms with Crippen molar-refractivity contribution >= 4 is 23.3 Å². The van der Waals surface area contributed by atoms with Gasteiger partial charge in [0.15, 0.2) is 5.78 Å². The molecule has 1 aromatic heterocycles. The van der Waals surface area contributed by atoms with Crippen molar-refractivity contribution in [2.45, 2.75) is 52.4 Å². The van der Waals surface area contributed by atoms with Crippen LogP contribution in [0.1, 0.15) is 60.8 Å². The zero-order valence-corrected chi connectivity index (χ0v) is 26.4. The lowest BCUT2D eigenvalue weighted by atomic mass is 9.90. The minimum atomic E-state index is -0.317. The maximum Gasteiger partial charge on any atom is 0.324 e. The van der Waals surface area contributed by atoms with Gasteiger partial charge in [-0.05, 0) is 87.2 Å². The zero-order chi connectivity index (χ0) is 31.3. The van der Waals surface area contributed by atoms with Crippen molar-refractivity contribution < 1.29 is 14.3 Å². The van der Waals surface area contributed by atoms with E-state index in [0.717, 1.165) is 55.0 Å². The summed E-state index contributed by atoms with van der Waals surface area (Å²) in [5.41, 5.74) is 5.45. The predicted octanol–water partition coefficient (Wildman–Crippen LogP) is 7.27. The molecule has 5 rings (SSSR count). The predicted molar refractivity (Wildman–Crippen MR) is 176 cm³/mol. The number of hydrogen-bond acceptors (Lipinski definition) is 5. The Balaban J connectivity index is 1.13. The number of hydrogen-bond donors (Lipinski definition) is 2. The van der Waals surface area contributed by atoms with Gasteiger partial charge in [-0.25, -0.2) is 9.48 Å². The van der Waals surface area contributed by atoms with Crippen molar-refractivity contribution in [2.75, 3.05) is 37.4 Å². The quantitative estimate of drug-likeness (QED) is 0.199. The Kier molecular flexibility index (Phi) is 9.49. The number of nitrogens with zero attached hydrogens (tertiary/aromatic N) is 3. The second-order valence-electron chi connectivity index (χ2n) is 12.8. The number of anilines is 2. The smallest absolute Gasteiger partial charge is 0.324 e. The molecule has 1 fully saturated rings. The summed E-state index contributed by atoms with van der Waals surface area (Å²) >= 11 is 0. The topological polar surface area (TPSA) is 88.5 Å². The van der Waals surface area contributed by atoms with Crippen molar-refractivity contribution in [3.05, 3.63) is 101 Å². The first-order valence-corrected chi connectivity index (χ1v) is 15.3. The van der Waals surface area contributed by atoms with Gasteiger partial charge in [0.05, 0.1) is 25.0 Å². The Morgan fingerprint density at radius 3 is 2.30 bits per heavy atom. The largest absolute Gasteiger partial charge is 0.497 e. The molecule has 1 aliphatic heterocycles. The molecule has 2 amide bonds. The Morgan fingerprint density at radius 2 is 1.64 bits per heavy atom. The second-order valence-corrected chi connectivity index (χ2v) is 12.8. The van der Waals surface area contributed by atoms with Crippen LogP contribution in [0.25, 0.3) is 5.69 Å². The lowest BCUT2D eigenvalue weighted by Gasteiger charge is -2.31. The van der Waals surface area contributed by atoms with E-state index in [1.807, 2.05) is 67.6 Å². The Labute approximate surface area is 260 Å². The molecule has 8 nitrogen and oxygen atoms in total. The van der Waals surface area contributed by atoms with Crippen LogP contribution in [-0.4, -0.2) is 53.2 Å². The molecular weight excluding hydrogens is 550 g/mol. The van der Waals surface area contributed by atoms with Crippen LogP contribution in [0, 0.1) is 12.8 Å². The van der Waals surface area contributed by atoms with Crippen LogP contribution in [0.15, 0.2) is 78.9 Å². The highest BCUT2D eigenvalue weighted by atomic mass is 16.5. The summed E-state index contributed by atoms with van der Waals surface area (Å²) in [5, 5.41) is 10.8. The third-order valence-corrected chi connectivity index (χ3v) is 8.20. The third kappa shape index (κ3) is 7.94. The summed E-state index contributed by atoms with van der Waals surface area (Å²) in [6, 6.07) is 25.1. The summed E-state index contributed by atoms with van der Waals surface area (Å²) in [4.78, 5) is 28.0. The van der Waals surface area contributed by atoms with Crippen LogP contribution in [0.5, 0.6) is 5.75 Å². The van der Waals surface area contributed by atoms with Crippen molar-refractivity contribution in [2.24, 2.45) is 5.92 Å². The fraction of sp³-hybridized carbons (Fsp3) is 0.361. The first-order chi connectivity index (χ1) is 21.1. The molecule has 0 bridgehead atoms. The van der Waals surface area contributed by atoms with Gasteiger partial charge < -0.3 is 10.1 Å². The molecule has 2 heterocycles. The average molecular weight is 594 g/mol. The molecule has 0 unspecified atom stereocenters. The van der Waals surface area contributed by atoms with Gasteiger partial charge in [-0.3, -0.25) is 15.0 Å². The number of aromatic nitrogens is 2. The van der Waals surface area contributed by atoms with E-state index < -0.39 is 0 Å². The third-order valence-electron chi connectivity index (χ3n) is 8.20. The maximum absolute atomic E-state index is 13.0. The zero-order valence-electron chi connectivity index (χ0n) is 26.4. The molecule has 2 N–H and O–H groups in total. The Bertz CT molecular complexity index is 1580. The van der Waals surface area contributed by atoms with E-state index in [-0.39, 0.29) is 17.2 Å². The molecule has 4 aromatic rings. The van der Waals surface area contributed by atoms with Gasteiger partial charge in [0.2, 0.25) is 0 Å². The number of urea groups is 1. The number of aryl methyl sites for hydroxylation is 1. The minimum absolute atomic E-state index is 0.128. The number of piperidine rings is 1. The molecule has 0 saturated carbocycles. The van der Waals surface area contributed by atoms with Gasteiger partial charge >= 0.3 is 6.03 Å². The summed E-state index contributed by atoms with van der Waals surface area (Å²) in [6.07, 6.45) is 3.09. The SMILES string of the molecule is COc1cccc(C(=O)CN2CCC(Cc3ccc(NC(=O)Nc4cc(C(C)(C)C)nn4-c4ccc(C)cc4)cc3)CC2)c1. The standard InChI is InChI=1S/C36H43N5O3/c1-25-9-15-30(16-10-25)41-34(23-33(39-41)36(2,3)4)38-35(43)37-29-13-11-26(12-14-29)21-27-17-19-40(20-18-27)24-32(42)28-7-6-8-31(22-28)44-5/h6-16,22-23,27H,17-21,24H2,1-5H3,(H2,37,38,43). The summed E-state index contributed by atoms with van der Waals surface area (Å²) in [7, 11) is 1.61. The maximum atomic E-state index is 13.0. The molecule has 3 aromatic carbocycles. The number of nitrogens with one attached hydrogen (secondary N) is 2. The minimum Gasteiger partial charge on any atom is -0.497 e. The molecule has 1 saturated heterocycles. The Hall–Kier alpha value is -4.43. The lowest BCUT2D eigenvalue weighted by molar-refractivity contribution is 0.0895. The van der Waals surface area contributed by atoms with Gasteiger partial charge in [0, 0.05) is 22.7 Å². The summed E-state index contributed by atoms with van der Waals surface area (Å²) in [5.74, 6) is 2.02. The highest BCUT2D eigenvalue weighted by Crippen LogP contribution is 2.27. The molecular formula is C36H43N5O3. The highest BCUT2D eigenvalue weighted by Gasteiger charge is 2.23. The van der Waals surface area contributed by atoms with Crippen LogP contribution in [0.2, 0.25) is 0 Å². The molecule has 8 heteroatoms. The number of methoxy groups -OCH3 is 1. The van der Waals surface area contributed by atoms with Crippen LogP contribution in [-0.2, 0) is 11.8 Å². The number of benzene rings is 3. The number of Topliss-reactive ketones (excluding diaryl/α,β-unsaturated/α-hetero) is 1. The average Bonchev–Trinajstić information content (AvgIpc) is 3.44. The van der Waals surface area contributed by atoms with E-state index in [0.29, 0.717) is 29.6 Å². The number of amides is 2. The number of ketones is 1. The molecule has 0 aliphatic carbocycles. The molecule has 0 atom stereocenters. The van der Waals surface area contributed by atoms with Crippen LogP contribution >= 0.6 is 0 Å². The van der Waals surface area contributed by atoms with E-state index in [4.69, 9.17) is 9.84 Å². The van der Waals surface area contributed by atoms with Gasteiger partial charge in [0.25, 0.3) is 0 Å². The van der Waals surface area contributed by atoms with Gasteiger partial charge in [-0.2, -0.15) is 5.10 Å². The normalized spacial score (nSPS) is 14.3. The van der Waals surface area contributed by atoms with Crippen molar-refractivity contribution in [3.63, 3.8) is 0 Å². The van der Waals surface area contributed by atoms with Crippen LogP contribution < -0.4 is 15.4 Å². The number of carbonyl (C=O) groups excluding carboxylic acids is 2. The second kappa shape index (κ2) is 13.5. The van der Waals surface area contributed by atoms with Gasteiger partial charge in [0.1, 0.15) is 11.6 Å². The van der Waals surface area contributed by atoms with E-state index >= 15 is 0 Å². The molecule has 0 spiro atoms. The van der Waals surface area contributed by atoms with E-state index in [1.54, 1.807) is 17.9 Å². The lowest BCUT2D eigenvalue weighted by Crippen LogP contribution is -2.37. The summed E-state index contributed by atoms with van der Waals surface area (Å²) < 4.78 is 7.04. The number of rotatable bonds is 9. The van der Waals surface area contributed by atoms with Crippen LogP contribution in [0.3, 0.4) is 0 Å². The summed E-state index contributed by atoms with van der Waals surface area (Å²) in [6.45, 7) is 10.6. The Morgan fingerprint density at radius 1 is 0.932 bits per heavy atom. The fourth-order valence-corrected chi connectivity index (χ4v) is 5.50. The van der Waals surface area contributed by atoms with E-state index in [2.05, 4.69) is 48.4 Å². The van der Waals surface area contributed by atoms with Crippen LogP contribution in [0.4, 0.5) is 16.3 Å². The van der Waals surface area contributed by atoms with E-state index in [9.17, 15) is 9.59 Å². The van der Waals surface area contributed by atoms with Gasteiger partial charge in [-0.1, -0.05) is 62.7 Å². The molecule has 1 aliphatic rings. The van der Waals surface area contributed by atoms with Crippen molar-refractivity contribution in [1.82, 2.24) is 14.7 Å². The van der Waals surface area contributed by atoms with Crippen molar-refractivity contribution in [1.29, 1.82) is 0 Å². The number of carbonyl (C=O) groups is 2. The van der Waals surface area contributed by atoms with E-state index in [1.165, 1.54) is 5.56 Å². The first kappa shape index (κ1) is 31.0. The molecule has 230 valence electrons. The number of likely N-dealkylation sites (tertiary alicyclic amines) is 1. The molecule has 0 radical (unpaired) electrons. The fourth-order valence-electron chi connectivity index (χ4n) is 5.50. The van der Waals surface area contributed by atoms with Gasteiger partial charge in [-0.15, -0.1) is 0 Å².